The predicted octanol–water partition coefficient (Wildman–Crippen LogP) is 2.11. The van der Waals surface area contributed by atoms with Gasteiger partial charge in [0.15, 0.2) is 0 Å². The van der Waals surface area contributed by atoms with Crippen LogP contribution < -0.4 is 5.32 Å². The first-order chi connectivity index (χ1) is 9.19. The van der Waals surface area contributed by atoms with Crippen molar-refractivity contribution >= 4 is 29.3 Å². The molecule has 1 atom stereocenters. The summed E-state index contributed by atoms with van der Waals surface area (Å²) >= 11 is 1.68. The Balaban J connectivity index is 1.69. The van der Waals surface area contributed by atoms with Gasteiger partial charge in [0, 0.05) is 16.6 Å². The van der Waals surface area contributed by atoms with Gasteiger partial charge in [-0.3, -0.25) is 14.5 Å². The number of amides is 2. The average Bonchev–Trinajstić information content (AvgIpc) is 3.19. The van der Waals surface area contributed by atoms with E-state index in [4.69, 9.17) is 0 Å². The van der Waals surface area contributed by atoms with Gasteiger partial charge in [0.25, 0.3) is 5.91 Å². The number of nitrogens with zero attached hydrogens (tertiary/aromatic N) is 1. The van der Waals surface area contributed by atoms with Crippen LogP contribution in [0.5, 0.6) is 0 Å². The third-order valence-electron chi connectivity index (χ3n) is 3.53. The van der Waals surface area contributed by atoms with Crippen LogP contribution in [0.25, 0.3) is 0 Å². The molecule has 2 aliphatic rings. The number of anilines is 1. The van der Waals surface area contributed by atoms with Gasteiger partial charge in [-0.15, -0.1) is 11.8 Å². The monoisotopic (exact) mass is 276 g/mol. The smallest absolute Gasteiger partial charge is 0.252 e. The Morgan fingerprint density at radius 3 is 2.47 bits per heavy atom. The number of imide groups is 1. The minimum atomic E-state index is -0.395. The van der Waals surface area contributed by atoms with E-state index in [1.165, 1.54) is 9.80 Å². The Hall–Kier alpha value is -1.49. The van der Waals surface area contributed by atoms with Crippen LogP contribution >= 0.6 is 11.8 Å². The molecule has 2 amide bonds. The molecule has 2 fully saturated rings. The van der Waals surface area contributed by atoms with E-state index in [1.54, 1.807) is 11.8 Å². The predicted molar refractivity (Wildman–Crippen MR) is 75.1 cm³/mol. The second kappa shape index (κ2) is 4.89. The van der Waals surface area contributed by atoms with Crippen molar-refractivity contribution in [1.82, 2.24) is 4.90 Å². The van der Waals surface area contributed by atoms with Crippen LogP contribution in [0.15, 0.2) is 29.2 Å². The fourth-order valence-electron chi connectivity index (χ4n) is 2.37. The number of hydrogen-bond acceptors (Lipinski definition) is 4. The van der Waals surface area contributed by atoms with Crippen LogP contribution in [0, 0.1) is 0 Å². The van der Waals surface area contributed by atoms with Crippen molar-refractivity contribution in [3.8, 4) is 0 Å². The van der Waals surface area contributed by atoms with Gasteiger partial charge in [0.1, 0.15) is 6.04 Å². The van der Waals surface area contributed by atoms with Gasteiger partial charge in [0.05, 0.1) is 6.42 Å². The first kappa shape index (κ1) is 12.5. The lowest BCUT2D eigenvalue weighted by Gasteiger charge is -2.15. The third-order valence-corrected chi connectivity index (χ3v) is 4.27. The first-order valence-corrected chi connectivity index (χ1v) is 7.68. The average molecular weight is 276 g/mol. The molecule has 3 rings (SSSR count). The minimum absolute atomic E-state index is 0.0364. The lowest BCUT2D eigenvalue weighted by molar-refractivity contribution is -0.139. The van der Waals surface area contributed by atoms with Gasteiger partial charge >= 0.3 is 0 Å². The SMILES string of the molecule is CSc1ccc(N[C@@H]2CC(=O)N(C3CC3)C2=O)cc1. The minimum Gasteiger partial charge on any atom is -0.373 e. The summed E-state index contributed by atoms with van der Waals surface area (Å²) in [7, 11) is 0. The highest BCUT2D eigenvalue weighted by Gasteiger charge is 2.45. The highest BCUT2D eigenvalue weighted by atomic mass is 32.2. The summed E-state index contributed by atoms with van der Waals surface area (Å²) in [6.45, 7) is 0. The zero-order valence-electron chi connectivity index (χ0n) is 10.8. The molecule has 0 unspecified atom stereocenters. The Morgan fingerprint density at radius 2 is 1.89 bits per heavy atom. The summed E-state index contributed by atoms with van der Waals surface area (Å²) in [4.78, 5) is 26.6. The number of rotatable bonds is 4. The number of carbonyl (C=O) groups excluding carboxylic acids is 2. The van der Waals surface area contributed by atoms with Crippen molar-refractivity contribution in [2.45, 2.75) is 36.2 Å². The molecule has 1 aliphatic carbocycles. The summed E-state index contributed by atoms with van der Waals surface area (Å²) in [5, 5.41) is 3.16. The van der Waals surface area contributed by atoms with Crippen molar-refractivity contribution < 1.29 is 9.59 Å². The molecular formula is C14H16N2O2S. The molecule has 1 N–H and O–H groups in total. The Bertz CT molecular complexity index is 511. The molecule has 1 aliphatic heterocycles. The number of thioether (sulfide) groups is 1. The lowest BCUT2D eigenvalue weighted by Crippen LogP contribution is -2.36. The van der Waals surface area contributed by atoms with Crippen LogP contribution in [0.1, 0.15) is 19.3 Å². The molecule has 19 heavy (non-hydrogen) atoms. The Morgan fingerprint density at radius 1 is 1.21 bits per heavy atom. The van der Waals surface area contributed by atoms with E-state index in [2.05, 4.69) is 5.32 Å². The summed E-state index contributed by atoms with van der Waals surface area (Å²) in [6, 6.07) is 7.69. The molecule has 0 radical (unpaired) electrons. The maximum Gasteiger partial charge on any atom is 0.252 e. The van der Waals surface area contributed by atoms with Crippen molar-refractivity contribution in [2.75, 3.05) is 11.6 Å². The van der Waals surface area contributed by atoms with Gasteiger partial charge in [-0.1, -0.05) is 0 Å². The van der Waals surface area contributed by atoms with E-state index in [-0.39, 0.29) is 24.3 Å². The highest BCUT2D eigenvalue weighted by Crippen LogP contribution is 2.32. The fourth-order valence-corrected chi connectivity index (χ4v) is 2.78. The molecule has 1 aromatic carbocycles. The highest BCUT2D eigenvalue weighted by molar-refractivity contribution is 7.98. The van der Waals surface area contributed by atoms with Crippen LogP contribution in [0.3, 0.4) is 0 Å². The van der Waals surface area contributed by atoms with E-state index in [1.807, 2.05) is 30.5 Å². The second-order valence-electron chi connectivity index (χ2n) is 4.96. The summed E-state index contributed by atoms with van der Waals surface area (Å²) in [5.41, 5.74) is 0.890. The maximum atomic E-state index is 12.2. The van der Waals surface area contributed by atoms with Gasteiger partial charge in [-0.25, -0.2) is 0 Å². The summed E-state index contributed by atoms with van der Waals surface area (Å²) in [5.74, 6) is -0.104. The zero-order valence-corrected chi connectivity index (χ0v) is 11.6. The van der Waals surface area contributed by atoms with Crippen molar-refractivity contribution in [2.24, 2.45) is 0 Å². The van der Waals surface area contributed by atoms with E-state index >= 15 is 0 Å². The van der Waals surface area contributed by atoms with Crippen LogP contribution in [0.2, 0.25) is 0 Å². The quantitative estimate of drug-likeness (QED) is 0.676. The molecule has 4 nitrogen and oxygen atoms in total. The van der Waals surface area contributed by atoms with Gasteiger partial charge in [-0.05, 0) is 43.4 Å². The van der Waals surface area contributed by atoms with Crippen molar-refractivity contribution in [3.63, 3.8) is 0 Å². The summed E-state index contributed by atoms with van der Waals surface area (Å²) < 4.78 is 0. The van der Waals surface area contributed by atoms with E-state index in [9.17, 15) is 9.59 Å². The number of carbonyl (C=O) groups is 2. The molecule has 1 saturated carbocycles. The Labute approximate surface area is 116 Å². The number of likely N-dealkylation sites (tertiary alicyclic amines) is 1. The summed E-state index contributed by atoms with van der Waals surface area (Å²) in [6.07, 6.45) is 4.23. The van der Waals surface area contributed by atoms with Gasteiger partial charge in [0.2, 0.25) is 5.91 Å². The Kier molecular flexibility index (Phi) is 3.22. The van der Waals surface area contributed by atoms with Crippen molar-refractivity contribution in [1.29, 1.82) is 0 Å². The molecule has 0 aromatic heterocycles. The van der Waals surface area contributed by atoms with Crippen LogP contribution in [-0.2, 0) is 9.59 Å². The largest absolute Gasteiger partial charge is 0.373 e. The standard InChI is InChI=1S/C14H16N2O2S/c1-19-11-6-2-9(3-7-11)15-12-8-13(17)16(14(12)18)10-4-5-10/h2-3,6-7,10,12,15H,4-5,8H2,1H3/t12-/m1/s1. The molecule has 1 heterocycles. The van der Waals surface area contributed by atoms with Crippen LogP contribution in [0.4, 0.5) is 5.69 Å². The topological polar surface area (TPSA) is 49.4 Å². The zero-order chi connectivity index (χ0) is 13.4. The molecule has 1 saturated heterocycles. The molecule has 100 valence electrons. The van der Waals surface area contributed by atoms with E-state index in [0.717, 1.165) is 18.5 Å². The molecule has 0 bridgehead atoms. The molecule has 0 spiro atoms. The fraction of sp³-hybridized carbons (Fsp3) is 0.429. The molecule has 5 heteroatoms. The first-order valence-electron chi connectivity index (χ1n) is 6.45. The molecule has 1 aromatic rings. The van der Waals surface area contributed by atoms with Crippen molar-refractivity contribution in [3.05, 3.63) is 24.3 Å². The van der Waals surface area contributed by atoms with Crippen LogP contribution in [-0.4, -0.2) is 35.1 Å². The number of nitrogens with one attached hydrogen (secondary N) is 1. The molecular weight excluding hydrogens is 260 g/mol. The number of hydrogen-bond donors (Lipinski definition) is 1. The lowest BCUT2D eigenvalue weighted by atomic mass is 10.2. The number of benzene rings is 1. The second-order valence-corrected chi connectivity index (χ2v) is 5.84. The van der Waals surface area contributed by atoms with E-state index in [0.29, 0.717) is 0 Å². The maximum absolute atomic E-state index is 12.2. The normalized spacial score (nSPS) is 23.0. The van der Waals surface area contributed by atoms with E-state index < -0.39 is 6.04 Å². The van der Waals surface area contributed by atoms with Gasteiger partial charge in [-0.2, -0.15) is 0 Å². The third kappa shape index (κ3) is 2.47. The van der Waals surface area contributed by atoms with Gasteiger partial charge < -0.3 is 5.32 Å².